The van der Waals surface area contributed by atoms with Gasteiger partial charge in [0.2, 0.25) is 0 Å². The Morgan fingerprint density at radius 2 is 1.87 bits per heavy atom. The number of benzene rings is 1. The van der Waals surface area contributed by atoms with Gasteiger partial charge in [0.05, 0.1) is 5.69 Å². The van der Waals surface area contributed by atoms with Crippen molar-refractivity contribution >= 4 is 0 Å². The van der Waals surface area contributed by atoms with Crippen LogP contribution in [0.15, 0.2) is 42.6 Å². The topological polar surface area (TPSA) is 56.2 Å². The predicted octanol–water partition coefficient (Wildman–Crippen LogP) is -1.47. The maximum absolute atomic E-state index is 11.4. The minimum atomic E-state index is -0.219. The Hall–Kier alpha value is -0.394. The van der Waals surface area contributed by atoms with E-state index < -0.39 is 0 Å². The second-order valence-electron chi connectivity index (χ2n) is 2.87. The molecule has 0 bridgehead atoms. The van der Waals surface area contributed by atoms with Crippen LogP contribution in [0.3, 0.4) is 0 Å². The third-order valence-corrected chi connectivity index (χ3v) is 1.93. The summed E-state index contributed by atoms with van der Waals surface area (Å²) in [4.78, 5) is 4.01. The molecule has 0 aliphatic heterocycles. The van der Waals surface area contributed by atoms with E-state index in [1.807, 2.05) is 0 Å². The van der Waals surface area contributed by atoms with E-state index in [4.69, 9.17) is 0 Å². The fourth-order valence-corrected chi connectivity index (χ4v) is 1.29. The van der Waals surface area contributed by atoms with Gasteiger partial charge in [-0.2, -0.15) is 0 Å². The van der Waals surface area contributed by atoms with Crippen LogP contribution < -0.4 is 56.5 Å². The molecule has 1 heterocycles. The zero-order chi connectivity index (χ0) is 9.97. The summed E-state index contributed by atoms with van der Waals surface area (Å²) < 4.78 is 0. The molecule has 0 unspecified atom stereocenters. The van der Waals surface area contributed by atoms with Crippen LogP contribution in [0.4, 0.5) is 0 Å². The fourth-order valence-electron chi connectivity index (χ4n) is 1.29. The van der Waals surface area contributed by atoms with Crippen LogP contribution in [0, 0.1) is 0 Å². The van der Waals surface area contributed by atoms with Gasteiger partial charge in [0, 0.05) is 11.8 Å². The van der Waals surface area contributed by atoms with Gasteiger partial charge >= 0.3 is 51.4 Å². The molecule has 2 aromatic rings. The smallest absolute Gasteiger partial charge is 0.872 e. The van der Waals surface area contributed by atoms with Crippen LogP contribution in [0.1, 0.15) is 0 Å². The van der Waals surface area contributed by atoms with E-state index in [1.165, 1.54) is 18.2 Å². The van der Waals surface area contributed by atoms with E-state index in [2.05, 4.69) is 4.98 Å². The van der Waals surface area contributed by atoms with Gasteiger partial charge in [0.15, 0.2) is 0 Å². The monoisotopic (exact) mass is 225 g/mol. The van der Waals surface area contributed by atoms with Gasteiger partial charge in [0.1, 0.15) is 5.75 Å². The molecule has 0 saturated heterocycles. The Balaban J connectivity index is 0.00000112. The van der Waals surface area contributed by atoms with Crippen molar-refractivity contribution in [2.75, 3.05) is 0 Å². The summed E-state index contributed by atoms with van der Waals surface area (Å²) in [7, 11) is 0. The molecule has 2 rings (SSSR count). The summed E-state index contributed by atoms with van der Waals surface area (Å²) in [5.74, 6) is -0.250. The summed E-state index contributed by atoms with van der Waals surface area (Å²) in [5.41, 5.74) is 0.753. The number of phenols is 1. The average molecular weight is 225 g/mol. The molecular weight excluding hydrogens is 217 g/mol. The zero-order valence-electron chi connectivity index (χ0n) is 8.34. The number of hydrogen-bond acceptors (Lipinski definition) is 3. The van der Waals surface area contributed by atoms with Crippen LogP contribution in [0.5, 0.6) is 11.5 Å². The van der Waals surface area contributed by atoms with Crippen LogP contribution >= 0.6 is 0 Å². The second kappa shape index (κ2) is 5.63. The minimum absolute atomic E-state index is 0. The predicted molar refractivity (Wildman–Crippen MR) is 50.8 cm³/mol. The van der Waals surface area contributed by atoms with Gasteiger partial charge in [-0.3, -0.25) is 4.98 Å². The average Bonchev–Trinajstić information content (AvgIpc) is 2.19. The van der Waals surface area contributed by atoms with Gasteiger partial charge in [-0.05, 0) is 18.2 Å². The van der Waals surface area contributed by atoms with E-state index in [0.717, 1.165) is 0 Å². The number of rotatable bonds is 1. The van der Waals surface area contributed by atoms with Crippen LogP contribution in [0.2, 0.25) is 0 Å². The number of phenolic OH excluding ortho intramolecular Hbond substituents is 1. The van der Waals surface area contributed by atoms with E-state index in [9.17, 15) is 10.2 Å². The van der Waals surface area contributed by atoms with Crippen molar-refractivity contribution in [3.63, 3.8) is 0 Å². The first-order valence-electron chi connectivity index (χ1n) is 4.19. The third kappa shape index (κ3) is 2.80. The van der Waals surface area contributed by atoms with E-state index >= 15 is 0 Å². The van der Waals surface area contributed by atoms with E-state index in [-0.39, 0.29) is 68.4 Å². The summed E-state index contributed by atoms with van der Waals surface area (Å²) in [6.45, 7) is 0. The SMILES string of the molecule is [K+].[O-]c1cccc(O)c1-c1ccccn1. The van der Waals surface area contributed by atoms with Gasteiger partial charge in [-0.25, -0.2) is 0 Å². The van der Waals surface area contributed by atoms with Crippen molar-refractivity contribution < 1.29 is 61.6 Å². The third-order valence-electron chi connectivity index (χ3n) is 1.93. The van der Waals surface area contributed by atoms with Crippen molar-refractivity contribution in [1.82, 2.24) is 4.98 Å². The largest absolute Gasteiger partial charge is 1.00 e. The zero-order valence-corrected chi connectivity index (χ0v) is 11.5. The van der Waals surface area contributed by atoms with Crippen LogP contribution in [0.25, 0.3) is 11.3 Å². The number of aromatic nitrogens is 1. The van der Waals surface area contributed by atoms with Gasteiger partial charge in [-0.1, -0.05) is 23.9 Å². The molecule has 0 radical (unpaired) electrons. The first-order chi connectivity index (χ1) is 6.79. The number of pyridine rings is 1. The summed E-state index contributed by atoms with van der Waals surface area (Å²) >= 11 is 0. The van der Waals surface area contributed by atoms with Crippen molar-refractivity contribution in [1.29, 1.82) is 0 Å². The first-order valence-corrected chi connectivity index (χ1v) is 4.19. The molecule has 0 amide bonds. The standard InChI is InChI=1S/C11H9NO2.K/c13-9-5-3-6-10(14)11(9)8-4-1-2-7-12-8;/h1-7,13-14H;/q;+1/p-1. The Bertz CT molecular complexity index is 425. The van der Waals surface area contributed by atoms with Gasteiger partial charge in [0.25, 0.3) is 0 Å². The molecule has 1 aromatic carbocycles. The molecule has 0 spiro atoms. The molecular formula is C11H8KNO2. The number of hydrogen-bond donors (Lipinski definition) is 1. The van der Waals surface area contributed by atoms with Crippen molar-refractivity contribution in [3.8, 4) is 22.8 Å². The Morgan fingerprint density at radius 3 is 2.47 bits per heavy atom. The van der Waals surface area contributed by atoms with E-state index in [0.29, 0.717) is 5.69 Å². The second-order valence-corrected chi connectivity index (χ2v) is 2.87. The fraction of sp³-hybridized carbons (Fsp3) is 0. The molecule has 3 nitrogen and oxygen atoms in total. The Labute approximate surface area is 130 Å². The van der Waals surface area contributed by atoms with E-state index in [1.54, 1.807) is 24.4 Å². The van der Waals surface area contributed by atoms with Gasteiger partial charge in [-0.15, -0.1) is 0 Å². The maximum atomic E-state index is 11.4. The van der Waals surface area contributed by atoms with Crippen LogP contribution in [-0.2, 0) is 0 Å². The quantitative estimate of drug-likeness (QED) is 0.603. The van der Waals surface area contributed by atoms with Crippen molar-refractivity contribution in [3.05, 3.63) is 42.6 Å². The summed E-state index contributed by atoms with van der Waals surface area (Å²) in [6.07, 6.45) is 1.58. The number of aromatic hydroxyl groups is 1. The molecule has 1 N–H and O–H groups in total. The van der Waals surface area contributed by atoms with Crippen molar-refractivity contribution in [2.45, 2.75) is 0 Å². The summed E-state index contributed by atoms with van der Waals surface area (Å²) in [6, 6.07) is 9.62. The molecule has 0 fully saturated rings. The molecule has 15 heavy (non-hydrogen) atoms. The Kier molecular flexibility index (Phi) is 4.75. The Morgan fingerprint density at radius 1 is 1.07 bits per heavy atom. The molecule has 0 aliphatic carbocycles. The van der Waals surface area contributed by atoms with Crippen molar-refractivity contribution in [2.24, 2.45) is 0 Å². The molecule has 0 aliphatic rings. The number of nitrogens with zero attached hydrogens (tertiary/aromatic N) is 1. The molecule has 70 valence electrons. The van der Waals surface area contributed by atoms with Gasteiger partial charge < -0.3 is 10.2 Å². The minimum Gasteiger partial charge on any atom is -0.872 e. The normalized spacial score (nSPS) is 9.33. The maximum Gasteiger partial charge on any atom is 1.00 e. The van der Waals surface area contributed by atoms with Crippen LogP contribution in [-0.4, -0.2) is 10.1 Å². The molecule has 0 atom stereocenters. The first kappa shape index (κ1) is 12.7. The molecule has 0 saturated carbocycles. The molecule has 4 heteroatoms. The summed E-state index contributed by atoms with van der Waals surface area (Å²) in [5, 5.41) is 20.9. The molecule has 1 aromatic heterocycles.